The Morgan fingerprint density at radius 3 is 2.05 bits per heavy atom. The van der Waals surface area contributed by atoms with E-state index < -0.39 is 0 Å². The molecule has 1 N–H and O–H groups in total. The van der Waals surface area contributed by atoms with Crippen LogP contribution in [0.5, 0.6) is 0 Å². The number of nitrogens with one attached hydrogen (secondary N) is 1. The second-order valence-corrected chi connectivity index (χ2v) is 6.50. The van der Waals surface area contributed by atoms with Crippen LogP contribution in [0.25, 0.3) is 0 Å². The van der Waals surface area contributed by atoms with Gasteiger partial charge in [-0.2, -0.15) is 0 Å². The summed E-state index contributed by atoms with van der Waals surface area (Å²) in [6, 6.07) is 5.64. The van der Waals surface area contributed by atoms with Gasteiger partial charge in [0.05, 0.1) is 0 Å². The number of likely N-dealkylation sites (N-methyl/N-ethyl adjacent to an activating group) is 1. The van der Waals surface area contributed by atoms with E-state index in [1.807, 2.05) is 0 Å². The van der Waals surface area contributed by atoms with Crippen LogP contribution in [0.1, 0.15) is 62.4 Å². The quantitative estimate of drug-likeness (QED) is 0.764. The number of nitrogens with zero attached hydrogens (tertiary/aromatic N) is 1. The molecule has 0 aliphatic heterocycles. The minimum absolute atomic E-state index is 0.424. The first kappa shape index (κ1) is 18.2. The standard InChI is InChI=1S/C19H34N2/c1-8-10-20-18(13-21(9-2)14(3)4)19-16(6)11-15(5)12-17(19)7/h11-12,14,18,20H,8-10,13H2,1-7H3. The van der Waals surface area contributed by atoms with Gasteiger partial charge in [-0.05, 0) is 70.8 Å². The molecular weight excluding hydrogens is 256 g/mol. The summed E-state index contributed by atoms with van der Waals surface area (Å²) in [5, 5.41) is 3.76. The van der Waals surface area contributed by atoms with Crippen molar-refractivity contribution in [2.24, 2.45) is 0 Å². The largest absolute Gasteiger partial charge is 0.309 e. The molecule has 1 unspecified atom stereocenters. The first-order chi connectivity index (χ1) is 9.90. The third kappa shape index (κ3) is 5.12. The molecule has 0 saturated carbocycles. The van der Waals surface area contributed by atoms with E-state index >= 15 is 0 Å². The molecule has 1 rings (SSSR count). The molecule has 0 aromatic heterocycles. The van der Waals surface area contributed by atoms with Crippen LogP contribution in [0.15, 0.2) is 12.1 Å². The Bertz CT molecular complexity index is 414. The maximum atomic E-state index is 3.76. The Morgan fingerprint density at radius 2 is 1.62 bits per heavy atom. The van der Waals surface area contributed by atoms with Crippen LogP contribution in [0, 0.1) is 20.8 Å². The molecule has 21 heavy (non-hydrogen) atoms. The molecule has 0 spiro atoms. The molecule has 0 radical (unpaired) electrons. The third-order valence-electron chi connectivity index (χ3n) is 4.28. The van der Waals surface area contributed by atoms with E-state index in [9.17, 15) is 0 Å². The van der Waals surface area contributed by atoms with Gasteiger partial charge in [0.2, 0.25) is 0 Å². The normalized spacial score (nSPS) is 13.2. The van der Waals surface area contributed by atoms with Gasteiger partial charge in [0.1, 0.15) is 0 Å². The van der Waals surface area contributed by atoms with Crippen molar-refractivity contribution in [3.8, 4) is 0 Å². The zero-order valence-electron chi connectivity index (χ0n) is 15.1. The molecule has 2 heteroatoms. The number of benzene rings is 1. The Kier molecular flexibility index (Phi) is 7.41. The van der Waals surface area contributed by atoms with Crippen LogP contribution in [0.4, 0.5) is 0 Å². The Hall–Kier alpha value is -0.860. The van der Waals surface area contributed by atoms with Gasteiger partial charge in [0, 0.05) is 18.6 Å². The van der Waals surface area contributed by atoms with Crippen molar-refractivity contribution in [1.82, 2.24) is 10.2 Å². The van der Waals surface area contributed by atoms with Crippen molar-refractivity contribution in [3.05, 3.63) is 34.4 Å². The fourth-order valence-corrected chi connectivity index (χ4v) is 3.26. The summed E-state index contributed by atoms with van der Waals surface area (Å²) in [4.78, 5) is 2.55. The first-order valence-corrected chi connectivity index (χ1v) is 8.45. The van der Waals surface area contributed by atoms with Gasteiger partial charge in [-0.25, -0.2) is 0 Å². The first-order valence-electron chi connectivity index (χ1n) is 8.45. The Labute approximate surface area is 131 Å². The Balaban J connectivity index is 3.07. The predicted molar refractivity (Wildman–Crippen MR) is 94.1 cm³/mol. The van der Waals surface area contributed by atoms with Gasteiger partial charge in [0.25, 0.3) is 0 Å². The van der Waals surface area contributed by atoms with E-state index in [0.29, 0.717) is 12.1 Å². The highest BCUT2D eigenvalue weighted by molar-refractivity contribution is 5.39. The molecule has 0 fully saturated rings. The Morgan fingerprint density at radius 1 is 1.05 bits per heavy atom. The van der Waals surface area contributed by atoms with Crippen molar-refractivity contribution < 1.29 is 0 Å². The molecule has 120 valence electrons. The average molecular weight is 290 g/mol. The van der Waals surface area contributed by atoms with Crippen molar-refractivity contribution in [3.63, 3.8) is 0 Å². The second-order valence-electron chi connectivity index (χ2n) is 6.50. The smallest absolute Gasteiger partial charge is 0.0454 e. The molecule has 0 amide bonds. The number of aryl methyl sites for hydroxylation is 3. The maximum absolute atomic E-state index is 3.76. The molecule has 0 bridgehead atoms. The van der Waals surface area contributed by atoms with E-state index in [-0.39, 0.29) is 0 Å². The fourth-order valence-electron chi connectivity index (χ4n) is 3.26. The summed E-state index contributed by atoms with van der Waals surface area (Å²) in [7, 11) is 0. The van der Waals surface area contributed by atoms with Crippen LogP contribution in [-0.2, 0) is 0 Å². The third-order valence-corrected chi connectivity index (χ3v) is 4.28. The van der Waals surface area contributed by atoms with Crippen molar-refractivity contribution in [2.45, 2.75) is 67.0 Å². The zero-order valence-corrected chi connectivity index (χ0v) is 15.1. The second kappa shape index (κ2) is 8.55. The molecule has 1 aromatic rings. The van der Waals surface area contributed by atoms with E-state index in [2.05, 4.69) is 70.8 Å². The number of rotatable bonds is 8. The highest BCUT2D eigenvalue weighted by Crippen LogP contribution is 2.25. The molecule has 0 aliphatic rings. The lowest BCUT2D eigenvalue weighted by molar-refractivity contribution is 0.207. The summed E-state index contributed by atoms with van der Waals surface area (Å²) >= 11 is 0. The van der Waals surface area contributed by atoms with E-state index in [0.717, 1.165) is 19.6 Å². The predicted octanol–water partition coefficient (Wildman–Crippen LogP) is 4.38. The van der Waals surface area contributed by atoms with Crippen molar-refractivity contribution in [1.29, 1.82) is 0 Å². The van der Waals surface area contributed by atoms with Crippen LogP contribution >= 0.6 is 0 Å². The molecule has 1 aromatic carbocycles. The highest BCUT2D eigenvalue weighted by atomic mass is 15.2. The van der Waals surface area contributed by atoms with Gasteiger partial charge < -0.3 is 5.32 Å². The van der Waals surface area contributed by atoms with Gasteiger partial charge in [0.15, 0.2) is 0 Å². The lowest BCUT2D eigenvalue weighted by Gasteiger charge is -2.32. The topological polar surface area (TPSA) is 15.3 Å². The summed E-state index contributed by atoms with van der Waals surface area (Å²) in [5.41, 5.74) is 5.69. The van der Waals surface area contributed by atoms with Gasteiger partial charge in [-0.3, -0.25) is 4.90 Å². The lowest BCUT2D eigenvalue weighted by atomic mass is 9.93. The minimum Gasteiger partial charge on any atom is -0.309 e. The monoisotopic (exact) mass is 290 g/mol. The van der Waals surface area contributed by atoms with E-state index in [1.165, 1.54) is 28.7 Å². The van der Waals surface area contributed by atoms with Crippen LogP contribution in [-0.4, -0.2) is 30.6 Å². The van der Waals surface area contributed by atoms with Crippen LogP contribution in [0.3, 0.4) is 0 Å². The molecule has 0 saturated heterocycles. The van der Waals surface area contributed by atoms with Crippen molar-refractivity contribution in [2.75, 3.05) is 19.6 Å². The van der Waals surface area contributed by atoms with E-state index in [1.54, 1.807) is 0 Å². The van der Waals surface area contributed by atoms with Crippen LogP contribution in [0.2, 0.25) is 0 Å². The van der Waals surface area contributed by atoms with Crippen LogP contribution < -0.4 is 5.32 Å². The van der Waals surface area contributed by atoms with Crippen molar-refractivity contribution >= 4 is 0 Å². The zero-order chi connectivity index (χ0) is 16.0. The number of hydrogen-bond donors (Lipinski definition) is 1. The van der Waals surface area contributed by atoms with E-state index in [4.69, 9.17) is 0 Å². The summed E-state index contributed by atoms with van der Waals surface area (Å²) < 4.78 is 0. The van der Waals surface area contributed by atoms with Gasteiger partial charge in [-0.1, -0.05) is 31.5 Å². The molecule has 2 nitrogen and oxygen atoms in total. The van der Waals surface area contributed by atoms with Gasteiger partial charge in [-0.15, -0.1) is 0 Å². The molecule has 0 heterocycles. The number of hydrogen-bond acceptors (Lipinski definition) is 2. The minimum atomic E-state index is 0.424. The lowest BCUT2D eigenvalue weighted by Crippen LogP contribution is -2.39. The summed E-state index contributed by atoms with van der Waals surface area (Å²) in [6.07, 6.45) is 1.17. The summed E-state index contributed by atoms with van der Waals surface area (Å²) in [5.74, 6) is 0. The fraction of sp³-hybridized carbons (Fsp3) is 0.684. The maximum Gasteiger partial charge on any atom is 0.0454 e. The van der Waals surface area contributed by atoms with Gasteiger partial charge >= 0.3 is 0 Å². The molecule has 1 atom stereocenters. The summed E-state index contributed by atoms with van der Waals surface area (Å²) in [6.45, 7) is 19.0. The SMILES string of the molecule is CCCNC(CN(CC)C(C)C)c1c(C)cc(C)cc1C. The highest BCUT2D eigenvalue weighted by Gasteiger charge is 2.20. The average Bonchev–Trinajstić information content (AvgIpc) is 2.39. The molecule has 0 aliphatic carbocycles. The molecular formula is C19H34N2.